The molecule has 0 aliphatic carbocycles. The summed E-state index contributed by atoms with van der Waals surface area (Å²) in [5, 5.41) is 3.38. The van der Waals surface area contributed by atoms with Crippen molar-refractivity contribution in [3.63, 3.8) is 0 Å². The van der Waals surface area contributed by atoms with Crippen molar-refractivity contribution in [2.75, 3.05) is 5.73 Å². The molecule has 2 N–H and O–H groups in total. The van der Waals surface area contributed by atoms with Gasteiger partial charge in [-0.15, -0.1) is 0 Å². The molecule has 6 heteroatoms. The van der Waals surface area contributed by atoms with Crippen LogP contribution in [-0.4, -0.2) is 16.7 Å². The Kier molecular flexibility index (Phi) is 2.71. The van der Waals surface area contributed by atoms with Gasteiger partial charge in [-0.2, -0.15) is 0 Å². The summed E-state index contributed by atoms with van der Waals surface area (Å²) in [6, 6.07) is 0. The van der Waals surface area contributed by atoms with Crippen molar-refractivity contribution in [3.05, 3.63) is 10.7 Å². The van der Waals surface area contributed by atoms with Crippen LogP contribution >= 0.6 is 11.6 Å². The Balaban J connectivity index is 2.86. The maximum Gasteiger partial charge on any atom is 0.362 e. The largest absolute Gasteiger partial charge is 0.455 e. The van der Waals surface area contributed by atoms with E-state index in [9.17, 15) is 4.79 Å². The lowest BCUT2D eigenvalue weighted by Crippen LogP contribution is -2.24. The van der Waals surface area contributed by atoms with Gasteiger partial charge >= 0.3 is 5.97 Å². The predicted molar refractivity (Wildman–Crippen MR) is 51.1 cm³/mol. The molecule has 1 aromatic heterocycles. The second-order valence-corrected chi connectivity index (χ2v) is 4.09. The van der Waals surface area contributed by atoms with E-state index in [1.54, 1.807) is 20.8 Å². The molecule has 0 aromatic carbocycles. The van der Waals surface area contributed by atoms with Crippen molar-refractivity contribution in [2.45, 2.75) is 26.4 Å². The van der Waals surface area contributed by atoms with Crippen molar-refractivity contribution < 1.29 is 14.1 Å². The minimum Gasteiger partial charge on any atom is -0.455 e. The maximum atomic E-state index is 11.4. The summed E-state index contributed by atoms with van der Waals surface area (Å²) in [5.74, 6) is -0.740. The van der Waals surface area contributed by atoms with Crippen molar-refractivity contribution in [2.24, 2.45) is 0 Å². The Bertz CT molecular complexity index is 354. The third kappa shape index (κ3) is 2.38. The number of nitrogen functional groups attached to an aromatic ring is 1. The number of nitrogens with two attached hydrogens (primary N) is 1. The first-order valence-corrected chi connectivity index (χ1v) is 4.33. The molecule has 0 atom stereocenters. The fourth-order valence-corrected chi connectivity index (χ4v) is 0.891. The monoisotopic (exact) mass is 218 g/mol. The molecule has 0 saturated heterocycles. The lowest BCUT2D eigenvalue weighted by molar-refractivity contribution is 0.00591. The van der Waals surface area contributed by atoms with Gasteiger partial charge in [-0.25, -0.2) is 4.79 Å². The highest BCUT2D eigenvalue weighted by Crippen LogP contribution is 2.24. The zero-order chi connectivity index (χ0) is 10.9. The lowest BCUT2D eigenvalue weighted by Gasteiger charge is -2.18. The molecule has 0 unspecified atom stereocenters. The van der Waals surface area contributed by atoms with E-state index in [1.807, 2.05) is 0 Å². The highest BCUT2D eigenvalue weighted by atomic mass is 35.5. The van der Waals surface area contributed by atoms with Crippen LogP contribution in [0.1, 0.15) is 31.3 Å². The molecular weight excluding hydrogens is 208 g/mol. The van der Waals surface area contributed by atoms with Crippen LogP contribution in [0.2, 0.25) is 5.02 Å². The van der Waals surface area contributed by atoms with Crippen LogP contribution < -0.4 is 5.73 Å². The van der Waals surface area contributed by atoms with Gasteiger partial charge in [0, 0.05) is 0 Å². The van der Waals surface area contributed by atoms with Crippen LogP contribution in [0.4, 0.5) is 5.88 Å². The van der Waals surface area contributed by atoms with E-state index < -0.39 is 11.6 Å². The van der Waals surface area contributed by atoms with Crippen LogP contribution in [0.3, 0.4) is 0 Å². The molecular formula is C8H11ClN2O3. The summed E-state index contributed by atoms with van der Waals surface area (Å²) >= 11 is 5.65. The minimum atomic E-state index is -0.650. The molecule has 0 saturated carbocycles. The van der Waals surface area contributed by atoms with E-state index in [4.69, 9.17) is 22.1 Å². The van der Waals surface area contributed by atoms with E-state index in [2.05, 4.69) is 9.68 Å². The predicted octanol–water partition coefficient (Wildman–Crippen LogP) is 1.87. The first-order chi connectivity index (χ1) is 6.31. The van der Waals surface area contributed by atoms with Crippen molar-refractivity contribution in [3.8, 4) is 0 Å². The van der Waals surface area contributed by atoms with Crippen molar-refractivity contribution >= 4 is 23.5 Å². The Morgan fingerprint density at radius 2 is 2.14 bits per heavy atom. The Hall–Kier alpha value is -1.23. The molecule has 14 heavy (non-hydrogen) atoms. The van der Waals surface area contributed by atoms with E-state index in [0.29, 0.717) is 0 Å². The highest BCUT2D eigenvalue weighted by molar-refractivity contribution is 6.35. The topological polar surface area (TPSA) is 78.3 Å². The Labute approximate surface area is 86.1 Å². The average Bonchev–Trinajstić information content (AvgIpc) is 2.29. The molecule has 0 fully saturated rings. The van der Waals surface area contributed by atoms with Gasteiger partial charge in [0.1, 0.15) is 10.6 Å². The number of esters is 1. The first kappa shape index (κ1) is 10.8. The van der Waals surface area contributed by atoms with Crippen LogP contribution in [0, 0.1) is 0 Å². The summed E-state index contributed by atoms with van der Waals surface area (Å²) in [6.45, 7) is 5.22. The number of anilines is 1. The fraction of sp³-hybridized carbons (Fsp3) is 0.500. The molecule has 0 bridgehead atoms. The van der Waals surface area contributed by atoms with Crippen LogP contribution in [0.15, 0.2) is 4.52 Å². The van der Waals surface area contributed by atoms with Crippen LogP contribution in [0.25, 0.3) is 0 Å². The third-order valence-electron chi connectivity index (χ3n) is 1.25. The van der Waals surface area contributed by atoms with Gasteiger partial charge in [-0.05, 0) is 20.8 Å². The standard InChI is InChI=1S/C8H11ClN2O3/c1-8(2,3)13-7(12)5-4(9)6(10)14-11-5/h10H2,1-3H3. The highest BCUT2D eigenvalue weighted by Gasteiger charge is 2.24. The summed E-state index contributed by atoms with van der Waals surface area (Å²) in [6.07, 6.45) is 0. The Morgan fingerprint density at radius 1 is 1.57 bits per heavy atom. The number of carbonyl (C=O) groups excluding carboxylic acids is 1. The van der Waals surface area contributed by atoms with Gasteiger partial charge in [-0.3, -0.25) is 0 Å². The average molecular weight is 219 g/mol. The number of rotatable bonds is 1. The number of nitrogens with zero attached hydrogens (tertiary/aromatic N) is 1. The summed E-state index contributed by atoms with van der Waals surface area (Å²) < 4.78 is 9.54. The number of halogens is 1. The number of aromatic nitrogens is 1. The van der Waals surface area contributed by atoms with E-state index in [-0.39, 0.29) is 16.6 Å². The summed E-state index contributed by atoms with van der Waals surface area (Å²) in [5.41, 5.74) is 4.57. The lowest BCUT2D eigenvalue weighted by atomic mass is 10.2. The van der Waals surface area contributed by atoms with E-state index in [1.165, 1.54) is 0 Å². The normalized spacial score (nSPS) is 11.4. The third-order valence-corrected chi connectivity index (χ3v) is 1.62. The molecule has 78 valence electrons. The van der Waals surface area contributed by atoms with Crippen molar-refractivity contribution in [1.29, 1.82) is 0 Å². The number of ether oxygens (including phenoxy) is 1. The zero-order valence-electron chi connectivity index (χ0n) is 8.13. The molecule has 0 spiro atoms. The van der Waals surface area contributed by atoms with Gasteiger partial charge in [0.2, 0.25) is 11.6 Å². The molecule has 0 amide bonds. The second kappa shape index (κ2) is 3.49. The molecule has 0 radical (unpaired) electrons. The number of hydrogen-bond donors (Lipinski definition) is 1. The zero-order valence-corrected chi connectivity index (χ0v) is 8.88. The van der Waals surface area contributed by atoms with E-state index in [0.717, 1.165) is 0 Å². The molecule has 1 heterocycles. The minimum absolute atomic E-state index is 0.0146. The molecule has 0 aliphatic rings. The second-order valence-electron chi connectivity index (χ2n) is 3.71. The van der Waals surface area contributed by atoms with Crippen LogP contribution in [-0.2, 0) is 4.74 Å². The summed E-state index contributed by atoms with van der Waals surface area (Å²) in [7, 11) is 0. The number of carbonyl (C=O) groups is 1. The smallest absolute Gasteiger partial charge is 0.362 e. The van der Waals surface area contributed by atoms with Gasteiger partial charge < -0.3 is 15.0 Å². The molecule has 0 aliphatic heterocycles. The summed E-state index contributed by atoms with van der Waals surface area (Å²) in [4.78, 5) is 11.4. The fourth-order valence-electron chi connectivity index (χ4n) is 0.745. The van der Waals surface area contributed by atoms with E-state index >= 15 is 0 Å². The van der Waals surface area contributed by atoms with Crippen LogP contribution in [0.5, 0.6) is 0 Å². The molecule has 5 nitrogen and oxygen atoms in total. The maximum absolute atomic E-state index is 11.4. The van der Waals surface area contributed by atoms with Gasteiger partial charge in [0.25, 0.3) is 0 Å². The molecule has 1 aromatic rings. The van der Waals surface area contributed by atoms with Crippen molar-refractivity contribution in [1.82, 2.24) is 5.16 Å². The van der Waals surface area contributed by atoms with Gasteiger partial charge in [0.05, 0.1) is 0 Å². The number of hydrogen-bond acceptors (Lipinski definition) is 5. The first-order valence-electron chi connectivity index (χ1n) is 3.95. The van der Waals surface area contributed by atoms with Gasteiger partial charge in [-0.1, -0.05) is 16.8 Å². The van der Waals surface area contributed by atoms with Gasteiger partial charge in [0.15, 0.2) is 0 Å². The SMILES string of the molecule is CC(C)(C)OC(=O)c1noc(N)c1Cl. The molecule has 1 rings (SSSR count). The quantitative estimate of drug-likeness (QED) is 0.728. The Morgan fingerprint density at radius 3 is 2.50 bits per heavy atom.